The number of hydrogen-bond acceptors (Lipinski definition) is 9. The number of amides is 2. The molecule has 4 atom stereocenters. The van der Waals surface area contributed by atoms with E-state index in [1.807, 2.05) is 38.2 Å². The maximum atomic E-state index is 14.5. The van der Waals surface area contributed by atoms with Crippen LogP contribution in [0.5, 0.6) is 0 Å². The molecule has 4 heterocycles. The third-order valence-electron chi connectivity index (χ3n) is 8.97. The fourth-order valence-corrected chi connectivity index (χ4v) is 9.49. The van der Waals surface area contributed by atoms with E-state index in [2.05, 4.69) is 10.3 Å². The minimum Gasteiger partial charge on any atom is -0.469 e. The molecule has 42 heavy (non-hydrogen) atoms. The number of anilines is 2. The number of esters is 1. The molecule has 228 valence electrons. The van der Waals surface area contributed by atoms with Gasteiger partial charge in [-0.05, 0) is 50.6 Å². The molecule has 2 N–H and O–H groups in total. The van der Waals surface area contributed by atoms with Crippen molar-refractivity contribution in [1.82, 2.24) is 15.0 Å². The fourth-order valence-electron chi connectivity index (χ4n) is 6.89. The van der Waals surface area contributed by atoms with Crippen LogP contribution in [0, 0.1) is 5.92 Å². The molecule has 0 saturated carbocycles. The van der Waals surface area contributed by atoms with Crippen molar-refractivity contribution in [2.75, 3.05) is 36.6 Å². The summed E-state index contributed by atoms with van der Waals surface area (Å²) in [7, 11) is -1.48. The number of rotatable bonds is 12. The first-order valence-corrected chi connectivity index (χ1v) is 17.8. The first-order chi connectivity index (χ1) is 20.0. The summed E-state index contributed by atoms with van der Waals surface area (Å²) in [5.41, 5.74) is 1.33. The smallest absolute Gasteiger partial charge is 0.305 e. The largest absolute Gasteiger partial charge is 0.469 e. The number of carbonyl (C=O) groups is 3. The molecule has 2 amide bonds. The molecule has 0 unspecified atom stereocenters. The minimum atomic E-state index is -2.84. The van der Waals surface area contributed by atoms with Gasteiger partial charge in [0.1, 0.15) is 0 Å². The predicted octanol–water partition coefficient (Wildman–Crippen LogP) is 2.13. The average Bonchev–Trinajstić information content (AvgIpc) is 3.58. The molecule has 2 saturated heterocycles. The van der Waals surface area contributed by atoms with Crippen LogP contribution in [0.15, 0.2) is 24.4 Å². The quantitative estimate of drug-likeness (QED) is 0.162. The normalized spacial score (nSPS) is 25.3. The number of hydrogen-bond donors (Lipinski definition) is 2. The molecule has 1 spiro atoms. The Hall–Kier alpha value is -3.13. The zero-order valence-corrected chi connectivity index (χ0v) is 25.8. The number of methoxy groups -OCH3 is 1. The van der Waals surface area contributed by atoms with Gasteiger partial charge in [-0.15, -0.1) is 5.10 Å². The van der Waals surface area contributed by atoms with Crippen molar-refractivity contribution in [2.45, 2.75) is 82.3 Å². The summed E-state index contributed by atoms with van der Waals surface area (Å²) >= 11 is 0. The Morgan fingerprint density at radius 1 is 1.24 bits per heavy atom. The van der Waals surface area contributed by atoms with Gasteiger partial charge in [0.15, 0.2) is 13.9 Å². The lowest BCUT2D eigenvalue weighted by molar-refractivity contribution is -0.146. The number of nitrogens with zero attached hydrogens (tertiary/aromatic N) is 5. The van der Waals surface area contributed by atoms with Gasteiger partial charge in [0.2, 0.25) is 5.91 Å². The highest BCUT2D eigenvalue weighted by atomic mass is 28.4. The summed E-state index contributed by atoms with van der Waals surface area (Å²) < 4.78 is 13.4. The molecule has 3 aliphatic heterocycles. The fraction of sp³-hybridized carbons (Fsp3) is 0.621. The number of fused-ring (bicyclic) bond motifs is 2. The van der Waals surface area contributed by atoms with Crippen LogP contribution in [0.3, 0.4) is 0 Å². The van der Waals surface area contributed by atoms with Crippen molar-refractivity contribution in [3.8, 4) is 0 Å². The first kappa shape index (κ1) is 30.3. The van der Waals surface area contributed by atoms with Crippen molar-refractivity contribution >= 4 is 37.5 Å². The Labute approximate surface area is 246 Å². The summed E-state index contributed by atoms with van der Waals surface area (Å²) in [5.74, 6) is -0.746. The number of benzene rings is 1. The van der Waals surface area contributed by atoms with Gasteiger partial charge in [0.05, 0.1) is 24.6 Å². The second-order valence-electron chi connectivity index (χ2n) is 12.1. The number of aliphatic hydroxyl groups excluding tert-OH is 1. The lowest BCUT2D eigenvalue weighted by Gasteiger charge is -2.33. The van der Waals surface area contributed by atoms with Crippen LogP contribution < -0.4 is 9.80 Å². The topological polar surface area (TPSA) is 147 Å². The standard InChI is InChI=1S/C29H41N5O7Si/c1-19-27(42(3,4)39)24(10-14-32-18-20(12-16-35)30-31-32)41-29(19)22-17-21(33-15-11-25(33)36)8-9-23(22)34(28(29)38)13-6-5-7-26(37)40-2/h8-9,17-19,24,27,35,39H,5-7,10-16H2,1-4H3/t19-,24+,27-,29+/m0/s1. The van der Waals surface area contributed by atoms with Gasteiger partial charge >= 0.3 is 5.97 Å². The molecule has 1 aromatic carbocycles. The summed E-state index contributed by atoms with van der Waals surface area (Å²) in [4.78, 5) is 53.4. The van der Waals surface area contributed by atoms with Gasteiger partial charge in [-0.1, -0.05) is 12.1 Å². The molecule has 5 rings (SSSR count). The Balaban J connectivity index is 1.47. The van der Waals surface area contributed by atoms with E-state index in [0.717, 1.165) is 16.9 Å². The van der Waals surface area contributed by atoms with Crippen LogP contribution >= 0.6 is 0 Å². The molecular formula is C29H41N5O7Si. The van der Waals surface area contributed by atoms with Crippen LogP contribution in [-0.4, -0.2) is 83.9 Å². The lowest BCUT2D eigenvalue weighted by Crippen LogP contribution is -2.46. The second-order valence-corrected chi connectivity index (χ2v) is 16.1. The van der Waals surface area contributed by atoms with Crippen LogP contribution in [0.1, 0.15) is 50.3 Å². The van der Waals surface area contributed by atoms with Crippen LogP contribution in [0.25, 0.3) is 0 Å². The van der Waals surface area contributed by atoms with Gasteiger partial charge < -0.3 is 29.2 Å². The summed E-state index contributed by atoms with van der Waals surface area (Å²) in [5, 5.41) is 17.5. The third kappa shape index (κ3) is 5.38. The maximum Gasteiger partial charge on any atom is 0.305 e. The van der Waals surface area contributed by atoms with E-state index in [-0.39, 0.29) is 42.3 Å². The zero-order valence-electron chi connectivity index (χ0n) is 24.8. The van der Waals surface area contributed by atoms with E-state index in [9.17, 15) is 24.3 Å². The van der Waals surface area contributed by atoms with E-state index < -0.39 is 20.0 Å². The molecule has 3 aliphatic rings. The Morgan fingerprint density at radius 2 is 2.02 bits per heavy atom. The maximum absolute atomic E-state index is 14.5. The highest BCUT2D eigenvalue weighted by Crippen LogP contribution is 2.60. The van der Waals surface area contributed by atoms with Crippen LogP contribution in [0.4, 0.5) is 11.4 Å². The SMILES string of the molecule is COC(=O)CCCCN1C(=O)[C@]2(O[C@H](CCn3cc(CCO)nn3)[C@@H]([Si](C)(C)O)[C@@H]2C)c2cc(N3CCC3=O)ccc21. The van der Waals surface area contributed by atoms with Gasteiger partial charge in [-0.3, -0.25) is 19.1 Å². The predicted molar refractivity (Wildman–Crippen MR) is 156 cm³/mol. The molecule has 2 fully saturated rings. The Kier molecular flexibility index (Phi) is 8.57. The molecular weight excluding hydrogens is 558 g/mol. The van der Waals surface area contributed by atoms with Crippen molar-refractivity contribution in [2.24, 2.45) is 5.92 Å². The number of unbranched alkanes of at least 4 members (excludes halogenated alkanes) is 1. The molecule has 1 aromatic heterocycles. The molecule has 0 aliphatic carbocycles. The molecule has 0 bridgehead atoms. The summed E-state index contributed by atoms with van der Waals surface area (Å²) in [6.45, 7) is 7.27. The molecule has 0 radical (unpaired) electrons. The van der Waals surface area contributed by atoms with Crippen molar-refractivity contribution in [1.29, 1.82) is 0 Å². The third-order valence-corrected chi connectivity index (χ3v) is 11.5. The lowest BCUT2D eigenvalue weighted by atomic mass is 9.82. The summed E-state index contributed by atoms with van der Waals surface area (Å²) in [6.07, 6.45) is 4.27. The highest BCUT2D eigenvalue weighted by Gasteiger charge is 2.66. The monoisotopic (exact) mass is 599 g/mol. The second kappa shape index (κ2) is 11.9. The minimum absolute atomic E-state index is 0.0113. The van der Waals surface area contributed by atoms with Gasteiger partial charge in [0, 0.05) is 74.4 Å². The summed E-state index contributed by atoms with van der Waals surface area (Å²) in [6, 6.07) is 5.68. The zero-order chi connectivity index (χ0) is 30.2. The Morgan fingerprint density at radius 3 is 2.67 bits per heavy atom. The van der Waals surface area contributed by atoms with Crippen LogP contribution in [0.2, 0.25) is 18.6 Å². The van der Waals surface area contributed by atoms with Gasteiger partial charge in [-0.2, -0.15) is 0 Å². The Bertz CT molecular complexity index is 1340. The van der Waals surface area contributed by atoms with E-state index in [1.165, 1.54) is 7.11 Å². The molecule has 2 aromatic rings. The number of aliphatic hydroxyl groups is 1. The number of aromatic nitrogens is 3. The number of carbonyl (C=O) groups excluding carboxylic acids is 3. The van der Waals surface area contributed by atoms with Crippen molar-refractivity contribution in [3.05, 3.63) is 35.7 Å². The first-order valence-electron chi connectivity index (χ1n) is 14.7. The molecule has 13 heteroatoms. The highest BCUT2D eigenvalue weighted by molar-refractivity contribution is 6.71. The average molecular weight is 600 g/mol. The van der Waals surface area contributed by atoms with E-state index in [0.29, 0.717) is 57.4 Å². The van der Waals surface area contributed by atoms with E-state index in [1.54, 1.807) is 20.7 Å². The van der Waals surface area contributed by atoms with E-state index >= 15 is 0 Å². The van der Waals surface area contributed by atoms with E-state index in [4.69, 9.17) is 9.47 Å². The molecule has 12 nitrogen and oxygen atoms in total. The van der Waals surface area contributed by atoms with Crippen molar-refractivity contribution in [3.63, 3.8) is 0 Å². The van der Waals surface area contributed by atoms with Crippen LogP contribution in [-0.2, 0) is 42.4 Å². The van der Waals surface area contributed by atoms with Crippen molar-refractivity contribution < 1.29 is 33.8 Å². The number of β-lactam (4-membered cyclic amide) rings is 1. The number of aryl methyl sites for hydroxylation is 1. The van der Waals surface area contributed by atoms with Gasteiger partial charge in [-0.25, -0.2) is 0 Å². The van der Waals surface area contributed by atoms with Gasteiger partial charge in [0.25, 0.3) is 5.91 Å². The number of ether oxygens (including phenoxy) is 2.